The minimum atomic E-state index is -0.694. The first-order chi connectivity index (χ1) is 14.5. The molecule has 1 aliphatic heterocycles. The molecule has 1 aliphatic rings. The molecule has 0 aliphatic carbocycles. The summed E-state index contributed by atoms with van der Waals surface area (Å²) in [5.74, 6) is -0.298. The quantitative estimate of drug-likeness (QED) is 0.309. The van der Waals surface area contributed by atoms with Crippen molar-refractivity contribution < 1.29 is 24.2 Å². The van der Waals surface area contributed by atoms with E-state index in [2.05, 4.69) is 6.58 Å². The highest BCUT2D eigenvalue weighted by Crippen LogP contribution is 2.40. The number of hydrogen-bond donors (Lipinski definition) is 1. The maximum Gasteiger partial charge on any atom is 0.295 e. The Morgan fingerprint density at radius 1 is 1.17 bits per heavy atom. The number of benzene rings is 2. The molecule has 0 aromatic heterocycles. The molecular formula is C24H25NO5. The molecule has 0 saturated carbocycles. The number of rotatable bonds is 8. The maximum atomic E-state index is 12.9. The summed E-state index contributed by atoms with van der Waals surface area (Å²) in [4.78, 5) is 27.1. The molecule has 1 N–H and O–H groups in total. The van der Waals surface area contributed by atoms with E-state index in [9.17, 15) is 14.7 Å². The summed E-state index contributed by atoms with van der Waals surface area (Å²) in [7, 11) is 1.55. The number of Topliss-reactive ketones (excluding diaryl/α,β-unsaturated/α-hetero) is 1. The van der Waals surface area contributed by atoms with Crippen molar-refractivity contribution in [2.75, 3.05) is 20.3 Å². The number of likely N-dealkylation sites (tertiary alicyclic amines) is 1. The fourth-order valence-corrected chi connectivity index (χ4v) is 3.53. The van der Waals surface area contributed by atoms with Gasteiger partial charge >= 0.3 is 0 Å². The fourth-order valence-electron chi connectivity index (χ4n) is 3.53. The number of methoxy groups -OCH3 is 1. The average Bonchev–Trinajstić information content (AvgIpc) is 3.03. The van der Waals surface area contributed by atoms with E-state index in [1.54, 1.807) is 55.7 Å². The van der Waals surface area contributed by atoms with Gasteiger partial charge in [0.1, 0.15) is 23.9 Å². The van der Waals surface area contributed by atoms with Crippen molar-refractivity contribution in [1.82, 2.24) is 4.90 Å². The Labute approximate surface area is 176 Å². The highest BCUT2D eigenvalue weighted by molar-refractivity contribution is 6.46. The molecule has 1 fully saturated rings. The first kappa shape index (κ1) is 21.2. The lowest BCUT2D eigenvalue weighted by Gasteiger charge is -2.25. The molecule has 1 amide bonds. The molecule has 0 unspecified atom stereocenters. The predicted molar refractivity (Wildman–Crippen MR) is 114 cm³/mol. The van der Waals surface area contributed by atoms with Crippen molar-refractivity contribution in [2.24, 2.45) is 0 Å². The second-order valence-electron chi connectivity index (χ2n) is 6.89. The maximum absolute atomic E-state index is 12.9. The largest absolute Gasteiger partial charge is 0.507 e. The molecule has 1 saturated heterocycles. The van der Waals surface area contributed by atoms with Crippen molar-refractivity contribution in [2.45, 2.75) is 19.4 Å². The van der Waals surface area contributed by atoms with Gasteiger partial charge in [0, 0.05) is 12.1 Å². The average molecular weight is 407 g/mol. The summed E-state index contributed by atoms with van der Waals surface area (Å²) < 4.78 is 10.8. The summed E-state index contributed by atoms with van der Waals surface area (Å²) in [6.07, 6.45) is 2.32. The Morgan fingerprint density at radius 3 is 2.53 bits per heavy atom. The number of nitrogens with zero attached hydrogens (tertiary/aromatic N) is 1. The zero-order chi connectivity index (χ0) is 21.7. The molecule has 2 aromatic rings. The molecule has 0 bridgehead atoms. The van der Waals surface area contributed by atoms with E-state index >= 15 is 0 Å². The molecule has 0 spiro atoms. The van der Waals surface area contributed by atoms with Crippen molar-refractivity contribution in [3.63, 3.8) is 0 Å². The van der Waals surface area contributed by atoms with E-state index in [-0.39, 0.29) is 11.3 Å². The first-order valence-electron chi connectivity index (χ1n) is 9.78. The predicted octanol–water partition coefficient (Wildman–Crippen LogP) is 4.09. The van der Waals surface area contributed by atoms with Gasteiger partial charge in [-0.3, -0.25) is 9.59 Å². The van der Waals surface area contributed by atoms with Gasteiger partial charge in [0.15, 0.2) is 0 Å². The summed E-state index contributed by atoms with van der Waals surface area (Å²) >= 11 is 0. The molecule has 0 radical (unpaired) electrons. The third-order valence-corrected chi connectivity index (χ3v) is 4.91. The summed E-state index contributed by atoms with van der Waals surface area (Å²) in [5, 5.41) is 11.0. The van der Waals surface area contributed by atoms with Gasteiger partial charge in [-0.1, -0.05) is 31.7 Å². The Kier molecular flexibility index (Phi) is 6.57. The van der Waals surface area contributed by atoms with Crippen LogP contribution >= 0.6 is 0 Å². The number of amides is 1. The third-order valence-electron chi connectivity index (χ3n) is 4.91. The van der Waals surface area contributed by atoms with Crippen LogP contribution in [0.15, 0.2) is 66.8 Å². The first-order valence-corrected chi connectivity index (χ1v) is 9.78. The summed E-state index contributed by atoms with van der Waals surface area (Å²) in [6, 6.07) is 13.2. The van der Waals surface area contributed by atoms with Gasteiger partial charge in [-0.15, -0.1) is 0 Å². The van der Waals surface area contributed by atoms with E-state index in [0.29, 0.717) is 42.2 Å². The van der Waals surface area contributed by atoms with Crippen LogP contribution in [-0.4, -0.2) is 42.0 Å². The second kappa shape index (κ2) is 9.31. The zero-order valence-corrected chi connectivity index (χ0v) is 17.1. The van der Waals surface area contributed by atoms with Crippen LogP contribution in [0, 0.1) is 0 Å². The van der Waals surface area contributed by atoms with E-state index in [1.165, 1.54) is 4.90 Å². The van der Waals surface area contributed by atoms with E-state index in [4.69, 9.17) is 9.47 Å². The molecule has 6 nitrogen and oxygen atoms in total. The third kappa shape index (κ3) is 4.08. The minimum absolute atomic E-state index is 0.0708. The zero-order valence-electron chi connectivity index (χ0n) is 17.1. The number of aliphatic hydroxyl groups excluding tert-OH is 1. The van der Waals surface area contributed by atoms with Crippen molar-refractivity contribution >= 4 is 17.4 Å². The summed E-state index contributed by atoms with van der Waals surface area (Å²) in [5.41, 5.74) is 1.21. The van der Waals surface area contributed by atoms with Gasteiger partial charge in [-0.05, 0) is 48.4 Å². The smallest absolute Gasteiger partial charge is 0.295 e. The van der Waals surface area contributed by atoms with E-state index in [1.807, 2.05) is 13.0 Å². The number of ether oxygens (including phenoxy) is 2. The van der Waals surface area contributed by atoms with Crippen molar-refractivity contribution in [1.29, 1.82) is 0 Å². The molecular weight excluding hydrogens is 382 g/mol. The molecule has 2 aromatic carbocycles. The number of ketones is 1. The summed E-state index contributed by atoms with van der Waals surface area (Å²) in [6.45, 7) is 6.30. The number of hydrogen-bond acceptors (Lipinski definition) is 5. The monoisotopic (exact) mass is 407 g/mol. The molecule has 156 valence electrons. The lowest BCUT2D eigenvalue weighted by atomic mass is 9.95. The van der Waals surface area contributed by atoms with Gasteiger partial charge in [-0.25, -0.2) is 0 Å². The van der Waals surface area contributed by atoms with Crippen LogP contribution in [0.1, 0.15) is 30.5 Å². The van der Waals surface area contributed by atoms with Crippen molar-refractivity contribution in [3.05, 3.63) is 77.9 Å². The number of aliphatic hydroxyl groups is 1. The van der Waals surface area contributed by atoms with Gasteiger partial charge < -0.3 is 19.5 Å². The van der Waals surface area contributed by atoms with E-state index < -0.39 is 17.7 Å². The number of carbonyl (C=O) groups excluding carboxylic acids is 2. The fraction of sp³-hybridized carbons (Fsp3) is 0.250. The minimum Gasteiger partial charge on any atom is -0.507 e. The topological polar surface area (TPSA) is 76.1 Å². The van der Waals surface area contributed by atoms with Gasteiger partial charge in [0.25, 0.3) is 11.7 Å². The molecule has 1 heterocycles. The van der Waals surface area contributed by atoms with Crippen LogP contribution in [0.25, 0.3) is 5.76 Å². The highest BCUT2D eigenvalue weighted by atomic mass is 16.5. The Morgan fingerprint density at radius 2 is 1.90 bits per heavy atom. The molecule has 3 rings (SSSR count). The number of carbonyl (C=O) groups is 2. The molecule has 6 heteroatoms. The van der Waals surface area contributed by atoms with Crippen LogP contribution in [0.2, 0.25) is 0 Å². The lowest BCUT2D eigenvalue weighted by molar-refractivity contribution is -0.139. The second-order valence-corrected chi connectivity index (χ2v) is 6.89. The van der Waals surface area contributed by atoms with Crippen LogP contribution in [0.5, 0.6) is 11.5 Å². The van der Waals surface area contributed by atoms with Crippen LogP contribution in [0.4, 0.5) is 0 Å². The lowest BCUT2D eigenvalue weighted by Crippen LogP contribution is -2.30. The van der Waals surface area contributed by atoms with Gasteiger partial charge in [-0.2, -0.15) is 0 Å². The van der Waals surface area contributed by atoms with Crippen LogP contribution in [0.3, 0.4) is 0 Å². The van der Waals surface area contributed by atoms with Gasteiger partial charge in [0.2, 0.25) is 0 Å². The highest BCUT2D eigenvalue weighted by Gasteiger charge is 2.45. The van der Waals surface area contributed by atoms with Gasteiger partial charge in [0.05, 0.1) is 18.7 Å². The van der Waals surface area contributed by atoms with E-state index in [0.717, 1.165) is 0 Å². The Hall–Kier alpha value is -3.54. The molecule has 1 atom stereocenters. The Balaban J connectivity index is 2.09. The van der Waals surface area contributed by atoms with Crippen LogP contribution in [-0.2, 0) is 9.59 Å². The van der Waals surface area contributed by atoms with Crippen LogP contribution < -0.4 is 9.47 Å². The normalized spacial score (nSPS) is 17.8. The Bertz CT molecular complexity index is 977. The molecule has 30 heavy (non-hydrogen) atoms. The SMILES string of the molecule is C=CCOc1ccc(C(O)=C2C(=O)C(=O)N(CCC)[C@@H]2c2cccc(OC)c2)cc1. The standard InChI is InChI=1S/C24H25NO5/c1-4-13-25-21(17-7-6-8-19(15-17)29-3)20(23(27)24(25)28)22(26)16-9-11-18(12-10-16)30-14-5-2/h5-12,15,21,26H,2,4,13-14H2,1,3H3/t21-/m1/s1. The van der Waals surface area contributed by atoms with Crippen molar-refractivity contribution in [3.8, 4) is 11.5 Å².